The lowest BCUT2D eigenvalue weighted by atomic mass is 9.85. The smallest absolute Gasteiger partial charge is 0.252 e. The third kappa shape index (κ3) is 24.5. The van der Waals surface area contributed by atoms with E-state index in [2.05, 4.69) is 4.74 Å². The van der Waals surface area contributed by atoms with E-state index in [1.807, 2.05) is 0 Å². The minimum atomic E-state index is -1.90. The van der Waals surface area contributed by atoms with Crippen molar-refractivity contribution in [1.82, 2.24) is 0 Å². The Morgan fingerprint density at radius 1 is 0.300 bits per heavy atom. The van der Waals surface area contributed by atoms with Gasteiger partial charge >= 0.3 is 0 Å². The van der Waals surface area contributed by atoms with Gasteiger partial charge in [-0.15, -0.1) is 0 Å². The van der Waals surface area contributed by atoms with Crippen LogP contribution in [0.25, 0.3) is 0 Å². The van der Waals surface area contributed by atoms with Crippen molar-refractivity contribution in [3.8, 4) is 0 Å². The van der Waals surface area contributed by atoms with Gasteiger partial charge in [0.25, 0.3) is 6.16 Å². The molecule has 8 saturated heterocycles. The minimum absolute atomic E-state index is 0. The number of ketones is 1. The average Bonchev–Trinajstić information content (AvgIpc) is 0.808. The molecule has 8 aliphatic rings. The largest absolute Gasteiger partial charge is 0.541 e. The first-order chi connectivity index (χ1) is 51.8. The number of carboxylic acid groups (broad SMARTS) is 1. The molecule has 8 heterocycles. The van der Waals surface area contributed by atoms with Gasteiger partial charge in [-0.25, -0.2) is 0 Å². The zero-order valence-electron chi connectivity index (χ0n) is 64.2. The SMILES string of the molecule is CC[C@@H]1OC(CO)[C@H](COC[C@@H]2OC(CO)[C@@H](COC[C@@H]3OC(CC(C)=O)[C@@H](COC[C@@H]4OC(C)[C@@H](COC)[C@@H](O)C4O)[C@@H](O)C3O)[C@@H](O)C2O)[C@@H](O)C1O.COCC1O[C@@H](COC[C@@H]2C(C)O[C@@H](COC[C@@H]3C(C)O[C@@H](COC[C@@H]4C(C)O[C@@H](COC)C(O)[C@@H]4O)C(O)[C@@H]3O)C(O)[C@@H]2O)C(O)[C@H](O)[C@@H]1OC(=O)[O-].[CH3+]. The summed E-state index contributed by atoms with van der Waals surface area (Å²) >= 11 is 0. The van der Waals surface area contributed by atoms with E-state index in [1.165, 1.54) is 28.3 Å². The van der Waals surface area contributed by atoms with Gasteiger partial charge in [-0.1, -0.05) is 6.92 Å². The lowest BCUT2D eigenvalue weighted by Crippen LogP contribution is -2.61. The van der Waals surface area contributed by atoms with Crippen LogP contribution in [-0.2, 0) is 90.1 Å². The summed E-state index contributed by atoms with van der Waals surface area (Å²) in [4.78, 5) is 23.1. The van der Waals surface area contributed by atoms with Crippen LogP contribution >= 0.6 is 0 Å². The summed E-state index contributed by atoms with van der Waals surface area (Å²) in [6, 6.07) is 0. The van der Waals surface area contributed by atoms with Crippen molar-refractivity contribution < 1.29 is 192 Å². The monoisotopic (exact) mass is 1600 g/mol. The van der Waals surface area contributed by atoms with E-state index in [0.29, 0.717) is 6.42 Å². The summed E-state index contributed by atoms with van der Waals surface area (Å²) in [6.07, 6.45) is -37.7. The molecule has 0 amide bonds. The lowest BCUT2D eigenvalue weighted by Gasteiger charge is -2.45. The van der Waals surface area contributed by atoms with Crippen molar-refractivity contribution in [1.29, 1.82) is 0 Å². The molecule has 18 N–H and O–H groups in total. The molecule has 8 rings (SSSR count). The van der Waals surface area contributed by atoms with E-state index in [1.54, 1.807) is 34.6 Å². The van der Waals surface area contributed by atoms with E-state index in [-0.39, 0.29) is 119 Å². The highest BCUT2D eigenvalue weighted by atomic mass is 16.7. The van der Waals surface area contributed by atoms with Gasteiger partial charge < -0.3 is 187 Å². The zero-order chi connectivity index (χ0) is 80.4. The molecule has 644 valence electrons. The predicted octanol–water partition coefficient (Wildman–Crippen LogP) is -9.13. The maximum atomic E-state index is 12.2. The number of Topliss-reactive ketones (excluding diaryl/α,β-unsaturated/α-hetero) is 1. The number of aliphatic hydroxyl groups excluding tert-OH is 18. The highest BCUT2D eigenvalue weighted by Gasteiger charge is 2.53. The van der Waals surface area contributed by atoms with Crippen LogP contribution in [0.3, 0.4) is 0 Å². The van der Waals surface area contributed by atoms with E-state index in [9.17, 15) is 107 Å². The molecular formula is C71H126O39. The Bertz CT molecular complexity index is 2590. The Kier molecular flexibility index (Phi) is 40.2. The number of rotatable bonds is 36. The summed E-state index contributed by atoms with van der Waals surface area (Å²) in [5.74, 6) is -5.20. The topological polar surface area (TPSA) is 587 Å². The molecule has 0 aliphatic carbocycles. The molecule has 0 aromatic heterocycles. The number of carbonyl (C=O) groups is 2. The molecular weight excluding hydrogens is 1480 g/mol. The molecule has 0 aromatic carbocycles. The third-order valence-corrected chi connectivity index (χ3v) is 22.5. The standard InChI is InChI=1S/C36H64O19.C34H60O20.CH3/c1-5-22-33(44)31(42)20(24(7-37)53-22)11-51-15-28-36(47)32(43)21(25(8-38)55-28)12-50-14-27-35(46)30(41)19(23(54-27)6-16(2)39)10-49-13-26-34(45)29(40)18(9-48-4)17(3)52-26;1-14-17(25(35)28(38)20(50-14)9-45-4)6-47-11-21-29(39)26(36)18(15(2)51-21)7-48-12-22-30(40)27(37)19(16(3)52-22)8-49-13-23-31(41)32(42)33(54-34(43)44)24(53-23)10-46-5;/h17-38,40-47H,5-15H2,1-4H3;14-33,35-42H,6-13H2,1-5H3,(H,43,44);1H3/q;;+1/p-1/t17?,18-,19-,20+,21-,22+,23?,24?,25?,26+,27+,28+,29-,30-,31-,32-,33?,34?,35?,36?;14?,15?,16?,17-,18-,19-,20+,21+,22+,23+,24?,25-,26-,27-,28?,29?,30?,31?,32+,33-;/m11./s1. The van der Waals surface area contributed by atoms with Gasteiger partial charge in [-0.2, -0.15) is 0 Å². The molecule has 0 bridgehead atoms. The van der Waals surface area contributed by atoms with E-state index in [4.69, 9.17) is 80.5 Å². The maximum absolute atomic E-state index is 12.2. The van der Waals surface area contributed by atoms with Crippen LogP contribution in [0.15, 0.2) is 0 Å². The predicted molar refractivity (Wildman–Crippen MR) is 370 cm³/mol. The van der Waals surface area contributed by atoms with Gasteiger partial charge in [0, 0.05) is 76.6 Å². The molecule has 16 unspecified atom stereocenters. The molecule has 0 aromatic rings. The van der Waals surface area contributed by atoms with Crippen LogP contribution in [-0.4, -0.2) is 439 Å². The van der Waals surface area contributed by atoms with E-state index >= 15 is 0 Å². The zero-order valence-corrected chi connectivity index (χ0v) is 64.2. The molecule has 40 atom stereocenters. The summed E-state index contributed by atoms with van der Waals surface area (Å²) in [6.45, 7) is 7.15. The maximum Gasteiger partial charge on any atom is 0.252 e. The first-order valence-corrected chi connectivity index (χ1v) is 37.4. The molecule has 0 spiro atoms. The number of ether oxygens (including phenoxy) is 18. The van der Waals surface area contributed by atoms with Crippen LogP contribution in [0.4, 0.5) is 4.79 Å². The number of hydrogen-bond donors (Lipinski definition) is 18. The van der Waals surface area contributed by atoms with Crippen molar-refractivity contribution in [2.45, 2.75) is 256 Å². The van der Waals surface area contributed by atoms with Gasteiger partial charge in [0.2, 0.25) is 0 Å². The second-order valence-corrected chi connectivity index (χ2v) is 30.0. The van der Waals surface area contributed by atoms with Gasteiger partial charge in [-0.3, -0.25) is 4.79 Å². The number of carbonyl (C=O) groups excluding carboxylic acids is 2. The first kappa shape index (κ1) is 96.2. The average molecular weight is 1600 g/mol. The highest BCUT2D eigenvalue weighted by Crippen LogP contribution is 2.37. The molecule has 0 saturated carbocycles. The quantitative estimate of drug-likeness (QED) is 0.0205. The lowest BCUT2D eigenvalue weighted by molar-refractivity contribution is -0.311. The Hall–Kier alpha value is -2.59. The molecule has 39 heteroatoms. The van der Waals surface area contributed by atoms with Gasteiger partial charge in [0.1, 0.15) is 110 Å². The van der Waals surface area contributed by atoms with Crippen LogP contribution in [0.2, 0.25) is 0 Å². The van der Waals surface area contributed by atoms with Crippen LogP contribution in [0.1, 0.15) is 54.4 Å². The second-order valence-electron chi connectivity index (χ2n) is 30.0. The Morgan fingerprint density at radius 3 is 0.836 bits per heavy atom. The van der Waals surface area contributed by atoms with Gasteiger partial charge in [-0.05, 0) is 41.0 Å². The number of hydrogen-bond acceptors (Lipinski definition) is 39. The van der Waals surface area contributed by atoms with Crippen LogP contribution in [0, 0.1) is 48.9 Å². The number of methoxy groups -OCH3 is 3. The number of aliphatic hydroxyl groups is 18. The van der Waals surface area contributed by atoms with Crippen molar-refractivity contribution in [2.75, 3.05) is 134 Å². The van der Waals surface area contributed by atoms with E-state index in [0.717, 1.165) is 0 Å². The van der Waals surface area contributed by atoms with Gasteiger partial charge in [0.05, 0.1) is 210 Å². The molecule has 39 nitrogen and oxygen atoms in total. The summed E-state index contributed by atoms with van der Waals surface area (Å²) in [7, 11) is 4.29. The van der Waals surface area contributed by atoms with Crippen molar-refractivity contribution in [3.05, 3.63) is 7.43 Å². The summed E-state index contributed by atoms with van der Waals surface area (Å²) < 4.78 is 101. The summed E-state index contributed by atoms with van der Waals surface area (Å²) in [5.41, 5.74) is 0. The molecule has 8 fully saturated rings. The molecule has 110 heavy (non-hydrogen) atoms. The second kappa shape index (κ2) is 45.9. The normalized spacial score (nSPS) is 45.3. The van der Waals surface area contributed by atoms with E-state index < -0.39 is 262 Å². The summed E-state index contributed by atoms with van der Waals surface area (Å²) in [5, 5.41) is 203. The third-order valence-electron chi connectivity index (χ3n) is 22.5. The molecule has 0 radical (unpaired) electrons. The Labute approximate surface area is 640 Å². The molecule has 8 aliphatic heterocycles. The van der Waals surface area contributed by atoms with Crippen LogP contribution < -0.4 is 5.11 Å². The fraction of sp³-hybridized carbons (Fsp3) is 0.958. The minimum Gasteiger partial charge on any atom is -0.541 e. The first-order valence-electron chi connectivity index (χ1n) is 37.4. The fourth-order valence-electron chi connectivity index (χ4n) is 15.7. The fourth-order valence-corrected chi connectivity index (χ4v) is 15.7. The van der Waals surface area contributed by atoms with Crippen molar-refractivity contribution in [3.63, 3.8) is 0 Å². The van der Waals surface area contributed by atoms with Crippen molar-refractivity contribution >= 4 is 11.9 Å². The van der Waals surface area contributed by atoms with Crippen molar-refractivity contribution in [2.24, 2.45) is 41.4 Å². The van der Waals surface area contributed by atoms with Gasteiger partial charge in [0.15, 0.2) is 0 Å². The van der Waals surface area contributed by atoms with Crippen LogP contribution in [0.5, 0.6) is 0 Å². The Balaban J connectivity index is 0.000000340. The Morgan fingerprint density at radius 2 is 0.536 bits per heavy atom. The highest BCUT2D eigenvalue weighted by molar-refractivity contribution is 5.76.